The quantitative estimate of drug-likeness (QED) is 0.109. The van der Waals surface area contributed by atoms with Crippen molar-refractivity contribution in [2.24, 2.45) is 9.98 Å². The van der Waals surface area contributed by atoms with E-state index in [-0.39, 0.29) is 0 Å². The van der Waals surface area contributed by atoms with Gasteiger partial charge in [-0.3, -0.25) is 0 Å². The third kappa shape index (κ3) is 6.42. The summed E-state index contributed by atoms with van der Waals surface area (Å²) in [5, 5.41) is 2.49. The molecule has 10 rings (SSSR count). The van der Waals surface area contributed by atoms with E-state index in [9.17, 15) is 0 Å². The second kappa shape index (κ2) is 15.3. The maximum atomic E-state index is 5.19. The van der Waals surface area contributed by atoms with Gasteiger partial charge in [-0.1, -0.05) is 171 Å². The van der Waals surface area contributed by atoms with Crippen LogP contribution in [0.5, 0.6) is 0 Å². The minimum Gasteiger partial charge on any atom is -0.309 e. The molecule has 60 heavy (non-hydrogen) atoms. The van der Waals surface area contributed by atoms with Crippen LogP contribution in [0.15, 0.2) is 205 Å². The predicted molar refractivity (Wildman–Crippen MR) is 255 cm³/mol. The Hall–Kier alpha value is -7.62. The molecule has 0 spiro atoms. The summed E-state index contributed by atoms with van der Waals surface area (Å²) in [5.74, 6) is 0.636. The molecule has 286 valence electrons. The van der Waals surface area contributed by atoms with E-state index in [1.807, 2.05) is 49.4 Å². The number of aliphatic imine (C=N–C) groups is 2. The van der Waals surface area contributed by atoms with E-state index in [1.54, 1.807) is 0 Å². The van der Waals surface area contributed by atoms with Gasteiger partial charge in [0.25, 0.3) is 0 Å². The second-order valence-electron chi connectivity index (χ2n) is 15.5. The standard InChI is InChI=1S/C57H43N3/c1-5-40-32-33-46(60-53-28-14-12-24-49(53)50-25-13-15-29-54(50)60)36-52(40)55-37(2)18-16-27-48(55)44-31-30-43-34-45-23-17-26-47(56(45)51(43)35-44)39(4)59-57(42-21-10-7-11-22-42)58-38(3)41-19-8-6-9-20-41/h5-33,35-36H,1,4,34H2,2-3H3. The third-order valence-electron chi connectivity index (χ3n) is 11.9. The number of aryl methyl sites for hydroxylation is 1. The van der Waals surface area contributed by atoms with Crippen molar-refractivity contribution in [2.45, 2.75) is 20.3 Å². The van der Waals surface area contributed by atoms with Crippen LogP contribution in [0.2, 0.25) is 0 Å². The van der Waals surface area contributed by atoms with Crippen LogP contribution in [0.1, 0.15) is 45.9 Å². The highest BCUT2D eigenvalue weighted by Crippen LogP contribution is 2.45. The molecule has 0 fully saturated rings. The number of aromatic nitrogens is 1. The molecule has 0 saturated carbocycles. The number of amidine groups is 1. The number of nitrogens with zero attached hydrogens (tertiary/aromatic N) is 3. The Morgan fingerprint density at radius 1 is 0.567 bits per heavy atom. The van der Waals surface area contributed by atoms with E-state index in [2.05, 4.69) is 170 Å². The first-order valence-corrected chi connectivity index (χ1v) is 20.5. The number of rotatable bonds is 8. The molecule has 0 unspecified atom stereocenters. The molecule has 0 aliphatic heterocycles. The molecule has 0 N–H and O–H groups in total. The highest BCUT2D eigenvalue weighted by molar-refractivity contribution is 6.13. The SMILES string of the molecule is C=Cc1ccc(-n2c3ccccc3c3ccccc32)cc1-c1c(C)cccc1-c1ccc2c(c1)-c1c(cccc1C(=C)N=C(N=C(C)c1ccccc1)c1ccccc1)C2. The molecule has 3 nitrogen and oxygen atoms in total. The molecular formula is C57H43N3. The van der Waals surface area contributed by atoms with Gasteiger partial charge in [-0.05, 0) is 112 Å². The van der Waals surface area contributed by atoms with Crippen LogP contribution in [-0.2, 0) is 6.42 Å². The summed E-state index contributed by atoms with van der Waals surface area (Å²) in [5.41, 5.74) is 20.1. The molecule has 1 aliphatic rings. The molecule has 1 aromatic heterocycles. The van der Waals surface area contributed by atoms with Gasteiger partial charge < -0.3 is 4.57 Å². The average molecular weight is 770 g/mol. The molecule has 9 aromatic rings. The molecule has 0 amide bonds. The highest BCUT2D eigenvalue weighted by atomic mass is 15.0. The van der Waals surface area contributed by atoms with Crippen LogP contribution < -0.4 is 0 Å². The lowest BCUT2D eigenvalue weighted by atomic mass is 9.87. The fraction of sp³-hybridized carbons (Fsp3) is 0.0526. The first-order valence-electron chi connectivity index (χ1n) is 20.5. The Morgan fingerprint density at radius 2 is 1.23 bits per heavy atom. The Balaban J connectivity index is 1.09. The normalized spacial score (nSPS) is 12.4. The first-order chi connectivity index (χ1) is 29.5. The number of hydrogen-bond acceptors (Lipinski definition) is 1. The predicted octanol–water partition coefficient (Wildman–Crippen LogP) is 14.6. The lowest BCUT2D eigenvalue weighted by molar-refractivity contribution is 1.18. The molecular weight excluding hydrogens is 727 g/mol. The molecule has 1 aliphatic carbocycles. The summed E-state index contributed by atoms with van der Waals surface area (Å²) in [6.07, 6.45) is 2.84. The molecule has 3 heteroatoms. The van der Waals surface area contributed by atoms with Gasteiger partial charge in [-0.25, -0.2) is 9.98 Å². The molecule has 0 atom stereocenters. The average Bonchev–Trinajstić information content (AvgIpc) is 3.84. The Bertz CT molecular complexity index is 3160. The van der Waals surface area contributed by atoms with E-state index in [1.165, 1.54) is 60.8 Å². The molecule has 8 aromatic carbocycles. The number of fused-ring (bicyclic) bond motifs is 6. The van der Waals surface area contributed by atoms with Gasteiger partial charge in [0, 0.05) is 33.3 Å². The second-order valence-corrected chi connectivity index (χ2v) is 15.5. The van der Waals surface area contributed by atoms with Crippen LogP contribution in [-0.4, -0.2) is 16.1 Å². The topological polar surface area (TPSA) is 29.6 Å². The Morgan fingerprint density at radius 3 is 1.95 bits per heavy atom. The zero-order chi connectivity index (χ0) is 40.7. The van der Waals surface area contributed by atoms with Gasteiger partial charge >= 0.3 is 0 Å². The maximum absolute atomic E-state index is 5.19. The van der Waals surface area contributed by atoms with E-state index in [4.69, 9.17) is 9.98 Å². The van der Waals surface area contributed by atoms with E-state index in [0.29, 0.717) is 11.5 Å². The van der Waals surface area contributed by atoms with Crippen molar-refractivity contribution in [3.05, 3.63) is 234 Å². The van der Waals surface area contributed by atoms with E-state index >= 15 is 0 Å². The largest absolute Gasteiger partial charge is 0.309 e. The van der Waals surface area contributed by atoms with Crippen molar-refractivity contribution >= 4 is 45.1 Å². The van der Waals surface area contributed by atoms with Crippen LogP contribution in [0.25, 0.3) is 72.6 Å². The zero-order valence-corrected chi connectivity index (χ0v) is 33.9. The Kier molecular flexibility index (Phi) is 9.35. The summed E-state index contributed by atoms with van der Waals surface area (Å²) in [6, 6.07) is 64.7. The smallest absolute Gasteiger partial charge is 0.160 e. The fourth-order valence-corrected chi connectivity index (χ4v) is 9.02. The highest BCUT2D eigenvalue weighted by Gasteiger charge is 2.25. The molecule has 0 bridgehead atoms. The first kappa shape index (κ1) is 36.7. The fourth-order valence-electron chi connectivity index (χ4n) is 9.02. The summed E-state index contributed by atoms with van der Waals surface area (Å²) in [6.45, 7) is 13.1. The van der Waals surface area contributed by atoms with Gasteiger partial charge in [-0.15, -0.1) is 0 Å². The van der Waals surface area contributed by atoms with Crippen LogP contribution in [0.4, 0.5) is 0 Å². The minimum absolute atomic E-state index is 0.636. The van der Waals surface area contributed by atoms with Gasteiger partial charge in [0.05, 0.1) is 16.7 Å². The van der Waals surface area contributed by atoms with Crippen molar-refractivity contribution in [3.8, 4) is 39.1 Å². The third-order valence-corrected chi connectivity index (χ3v) is 11.9. The van der Waals surface area contributed by atoms with Gasteiger partial charge in [0.2, 0.25) is 0 Å². The van der Waals surface area contributed by atoms with Crippen molar-refractivity contribution in [2.75, 3.05) is 0 Å². The molecule has 0 radical (unpaired) electrons. The lowest BCUT2D eigenvalue weighted by Gasteiger charge is -2.19. The molecule has 1 heterocycles. The number of hydrogen-bond donors (Lipinski definition) is 0. The van der Waals surface area contributed by atoms with Gasteiger partial charge in [-0.2, -0.15) is 0 Å². The summed E-state index contributed by atoms with van der Waals surface area (Å²) >= 11 is 0. The van der Waals surface area contributed by atoms with Crippen molar-refractivity contribution < 1.29 is 0 Å². The van der Waals surface area contributed by atoms with Crippen LogP contribution >= 0.6 is 0 Å². The summed E-state index contributed by atoms with van der Waals surface area (Å²) in [7, 11) is 0. The Labute approximate surface area is 351 Å². The van der Waals surface area contributed by atoms with Crippen molar-refractivity contribution in [1.29, 1.82) is 0 Å². The summed E-state index contributed by atoms with van der Waals surface area (Å²) in [4.78, 5) is 10.3. The van der Waals surface area contributed by atoms with Crippen LogP contribution in [0.3, 0.4) is 0 Å². The monoisotopic (exact) mass is 769 g/mol. The van der Waals surface area contributed by atoms with E-state index in [0.717, 1.165) is 51.2 Å². The zero-order valence-electron chi connectivity index (χ0n) is 33.9. The van der Waals surface area contributed by atoms with E-state index < -0.39 is 0 Å². The lowest BCUT2D eigenvalue weighted by Crippen LogP contribution is -2.04. The van der Waals surface area contributed by atoms with Crippen molar-refractivity contribution in [1.82, 2.24) is 4.57 Å². The number of benzene rings is 8. The van der Waals surface area contributed by atoms with Crippen LogP contribution in [0, 0.1) is 6.92 Å². The molecule has 0 saturated heterocycles. The van der Waals surface area contributed by atoms with Gasteiger partial charge in [0.1, 0.15) is 0 Å². The summed E-state index contributed by atoms with van der Waals surface area (Å²) < 4.78 is 2.39. The minimum atomic E-state index is 0.636. The number of para-hydroxylation sites is 2. The maximum Gasteiger partial charge on any atom is 0.160 e. The van der Waals surface area contributed by atoms with Gasteiger partial charge in [0.15, 0.2) is 5.84 Å². The van der Waals surface area contributed by atoms with Crippen molar-refractivity contribution in [3.63, 3.8) is 0 Å².